The number of fused-ring (bicyclic) bond motifs is 2. The lowest BCUT2D eigenvalue weighted by Gasteiger charge is -2.37. The molecule has 16 heteroatoms. The van der Waals surface area contributed by atoms with Crippen molar-refractivity contribution >= 4 is 46.2 Å². The SMILES string of the molecule is Nc1ncnc2c1c(-c1ccc(Oc3ccccc3)cc1)nn2C1CCN(CCN2CCC(CN3CCN(c4ccc5c(c4)C(=O)N(C4CCC(=O)NC4=O)C5=O)CC3)C2)CC1. The Kier molecular flexibility index (Phi) is 10.9. The molecule has 7 heterocycles. The minimum atomic E-state index is -0.962. The summed E-state index contributed by atoms with van der Waals surface area (Å²) < 4.78 is 8.09. The van der Waals surface area contributed by atoms with Crippen molar-refractivity contribution in [2.24, 2.45) is 5.92 Å². The van der Waals surface area contributed by atoms with Gasteiger partial charge in [0.2, 0.25) is 11.8 Å². The summed E-state index contributed by atoms with van der Waals surface area (Å²) in [5.74, 6) is 0.678. The van der Waals surface area contributed by atoms with E-state index in [4.69, 9.17) is 15.6 Å². The van der Waals surface area contributed by atoms with Gasteiger partial charge in [0.05, 0.1) is 22.6 Å². The van der Waals surface area contributed by atoms with E-state index in [1.807, 2.05) is 60.7 Å². The predicted molar refractivity (Wildman–Crippen MR) is 233 cm³/mol. The van der Waals surface area contributed by atoms with Crippen LogP contribution in [0.4, 0.5) is 11.5 Å². The Bertz CT molecular complexity index is 2500. The van der Waals surface area contributed by atoms with Gasteiger partial charge in [0.1, 0.15) is 35.4 Å². The van der Waals surface area contributed by atoms with Gasteiger partial charge in [0, 0.05) is 83.1 Å². The zero-order valence-corrected chi connectivity index (χ0v) is 34.7. The fourth-order valence-corrected chi connectivity index (χ4v) is 9.90. The number of likely N-dealkylation sites (tertiary alicyclic amines) is 2. The molecule has 0 saturated carbocycles. The number of aromatic nitrogens is 4. The molecule has 5 aromatic rings. The second-order valence-electron chi connectivity index (χ2n) is 17.2. The van der Waals surface area contributed by atoms with E-state index in [1.165, 1.54) is 12.7 Å². The topological polar surface area (TPSA) is 175 Å². The minimum absolute atomic E-state index is 0.101. The molecule has 2 atom stereocenters. The van der Waals surface area contributed by atoms with Crippen LogP contribution in [0.1, 0.15) is 58.9 Å². The molecule has 5 aliphatic heterocycles. The zero-order valence-electron chi connectivity index (χ0n) is 34.7. The predicted octanol–water partition coefficient (Wildman–Crippen LogP) is 4.05. The zero-order chi connectivity index (χ0) is 42.3. The maximum Gasteiger partial charge on any atom is 0.262 e. The van der Waals surface area contributed by atoms with Crippen molar-refractivity contribution < 1.29 is 23.9 Å². The molecule has 3 aromatic carbocycles. The fourth-order valence-electron chi connectivity index (χ4n) is 9.90. The number of piperidine rings is 2. The number of nitrogens with one attached hydrogen (secondary N) is 1. The third-order valence-corrected chi connectivity index (χ3v) is 13.3. The van der Waals surface area contributed by atoms with Crippen molar-refractivity contribution in [3.63, 3.8) is 0 Å². The summed E-state index contributed by atoms with van der Waals surface area (Å²) >= 11 is 0. The third kappa shape index (κ3) is 7.89. The number of para-hydroxylation sites is 1. The van der Waals surface area contributed by atoms with Gasteiger partial charge >= 0.3 is 0 Å². The lowest BCUT2D eigenvalue weighted by Crippen LogP contribution is -2.54. The maximum absolute atomic E-state index is 13.4. The molecule has 0 aliphatic carbocycles. The second kappa shape index (κ2) is 16.9. The number of nitrogen functional groups attached to an aromatic ring is 1. The highest BCUT2D eigenvalue weighted by atomic mass is 16.5. The molecule has 3 N–H and O–H groups in total. The van der Waals surface area contributed by atoms with E-state index >= 15 is 0 Å². The first kappa shape index (κ1) is 39.9. The van der Waals surface area contributed by atoms with Crippen molar-refractivity contribution in [1.82, 2.24) is 44.7 Å². The number of nitrogens with two attached hydrogens (primary N) is 1. The Hall–Kier alpha value is -6.23. The number of benzene rings is 3. The van der Waals surface area contributed by atoms with Crippen molar-refractivity contribution in [3.8, 4) is 22.8 Å². The van der Waals surface area contributed by atoms with E-state index in [0.29, 0.717) is 22.9 Å². The molecule has 4 fully saturated rings. The number of ether oxygens (including phenoxy) is 1. The maximum atomic E-state index is 13.4. The lowest BCUT2D eigenvalue weighted by molar-refractivity contribution is -0.136. The molecule has 0 spiro atoms. The highest BCUT2D eigenvalue weighted by Gasteiger charge is 2.45. The van der Waals surface area contributed by atoms with Crippen LogP contribution in [0.15, 0.2) is 79.1 Å². The van der Waals surface area contributed by atoms with Crippen LogP contribution >= 0.6 is 0 Å². The molecule has 4 saturated heterocycles. The van der Waals surface area contributed by atoms with Gasteiger partial charge in [0.25, 0.3) is 11.8 Å². The average molecular weight is 838 g/mol. The first-order valence-corrected chi connectivity index (χ1v) is 21.9. The molecule has 62 heavy (non-hydrogen) atoms. The van der Waals surface area contributed by atoms with Crippen LogP contribution in [0.5, 0.6) is 11.5 Å². The van der Waals surface area contributed by atoms with Crippen molar-refractivity contribution in [2.75, 3.05) is 82.6 Å². The number of rotatable bonds is 11. The highest BCUT2D eigenvalue weighted by Crippen LogP contribution is 2.36. The van der Waals surface area contributed by atoms with Crippen molar-refractivity contribution in [2.45, 2.75) is 44.2 Å². The summed E-state index contributed by atoms with van der Waals surface area (Å²) in [5, 5.41) is 8.17. The van der Waals surface area contributed by atoms with Crippen LogP contribution in [0.25, 0.3) is 22.3 Å². The molecule has 2 aromatic heterocycles. The van der Waals surface area contributed by atoms with E-state index in [-0.39, 0.29) is 24.8 Å². The van der Waals surface area contributed by atoms with Gasteiger partial charge in [-0.3, -0.25) is 34.3 Å². The molecule has 0 bridgehead atoms. The van der Waals surface area contributed by atoms with Crippen LogP contribution in [-0.4, -0.2) is 141 Å². The number of carbonyl (C=O) groups is 4. The normalized spacial score (nSPS) is 21.9. The molecule has 4 amide bonds. The molecular weight excluding hydrogens is 787 g/mol. The van der Waals surface area contributed by atoms with E-state index in [0.717, 1.165) is 129 Å². The molecular formula is C46H51N11O5. The number of hydrogen-bond acceptors (Lipinski definition) is 13. The molecule has 16 nitrogen and oxygen atoms in total. The Morgan fingerprint density at radius 3 is 2.23 bits per heavy atom. The molecule has 0 radical (unpaired) electrons. The number of hydrogen-bond donors (Lipinski definition) is 2. The van der Waals surface area contributed by atoms with Crippen LogP contribution in [-0.2, 0) is 9.59 Å². The standard InChI is InChI=1S/C46H51N11O5/c47-42-40-41(31-6-9-35(10-7-31)62-34-4-2-1-3-5-34)51-57(43(40)49-29-48-42)32-15-18-52(19-16-32)20-21-53-17-14-30(27-53)28-54-22-24-55(25-23-54)33-8-11-36-37(26-33)46(61)56(45(36)60)38-12-13-39(58)50-44(38)59/h1-11,26,29-30,32,38H,12-25,27-28H2,(H2,47,48,49)(H,50,58,59). The first-order valence-electron chi connectivity index (χ1n) is 21.9. The summed E-state index contributed by atoms with van der Waals surface area (Å²) in [4.78, 5) is 70.7. The number of carbonyl (C=O) groups excluding carboxylic acids is 4. The van der Waals surface area contributed by atoms with Gasteiger partial charge in [0.15, 0.2) is 5.65 Å². The summed E-state index contributed by atoms with van der Waals surface area (Å²) in [5.41, 5.74) is 10.5. The first-order chi connectivity index (χ1) is 30.3. The molecule has 2 unspecified atom stereocenters. The largest absolute Gasteiger partial charge is 0.457 e. The van der Waals surface area contributed by atoms with Crippen LogP contribution in [0, 0.1) is 5.92 Å². The molecule has 320 valence electrons. The quantitative estimate of drug-likeness (QED) is 0.183. The van der Waals surface area contributed by atoms with Crippen LogP contribution in [0.3, 0.4) is 0 Å². The van der Waals surface area contributed by atoms with E-state index in [1.54, 1.807) is 12.1 Å². The monoisotopic (exact) mass is 837 g/mol. The lowest BCUT2D eigenvalue weighted by atomic mass is 10.0. The van der Waals surface area contributed by atoms with Crippen molar-refractivity contribution in [3.05, 3.63) is 90.3 Å². The van der Waals surface area contributed by atoms with Crippen LogP contribution < -0.4 is 20.7 Å². The number of anilines is 2. The fraction of sp³-hybridized carbons (Fsp3) is 0.413. The Morgan fingerprint density at radius 2 is 1.45 bits per heavy atom. The Labute approximate surface area is 359 Å². The van der Waals surface area contributed by atoms with Gasteiger partial charge in [-0.2, -0.15) is 5.10 Å². The van der Waals surface area contributed by atoms with Gasteiger partial charge in [-0.25, -0.2) is 14.6 Å². The summed E-state index contributed by atoms with van der Waals surface area (Å²) in [6, 6.07) is 22.3. The number of amides is 4. The molecule has 10 rings (SSSR count). The van der Waals surface area contributed by atoms with Gasteiger partial charge in [-0.05, 0) is 92.7 Å². The number of piperazine rings is 1. The third-order valence-electron chi connectivity index (χ3n) is 13.3. The van der Waals surface area contributed by atoms with E-state index in [9.17, 15) is 19.2 Å². The average Bonchev–Trinajstić information content (AvgIpc) is 3.98. The second-order valence-corrected chi connectivity index (χ2v) is 17.2. The Morgan fingerprint density at radius 1 is 0.726 bits per heavy atom. The van der Waals surface area contributed by atoms with E-state index < -0.39 is 23.8 Å². The minimum Gasteiger partial charge on any atom is -0.457 e. The Balaban J connectivity index is 0.682. The summed E-state index contributed by atoms with van der Waals surface area (Å²) in [7, 11) is 0. The molecule has 5 aliphatic rings. The highest BCUT2D eigenvalue weighted by molar-refractivity contribution is 6.23. The summed E-state index contributed by atoms with van der Waals surface area (Å²) in [6.07, 6.45) is 4.95. The van der Waals surface area contributed by atoms with Gasteiger partial charge in [-0.1, -0.05) is 18.2 Å². The van der Waals surface area contributed by atoms with Crippen molar-refractivity contribution in [1.29, 1.82) is 0 Å². The summed E-state index contributed by atoms with van der Waals surface area (Å²) in [6.45, 7) is 11.0. The van der Waals surface area contributed by atoms with Gasteiger partial charge in [-0.15, -0.1) is 0 Å². The van der Waals surface area contributed by atoms with E-state index in [2.05, 4.69) is 39.6 Å². The van der Waals surface area contributed by atoms with Gasteiger partial charge < -0.3 is 25.2 Å². The number of imide groups is 2. The smallest absolute Gasteiger partial charge is 0.262 e. The van der Waals surface area contributed by atoms with Crippen LogP contribution in [0.2, 0.25) is 0 Å². The number of nitrogens with zero attached hydrogens (tertiary/aromatic N) is 9.